The van der Waals surface area contributed by atoms with E-state index in [1.54, 1.807) is 16.7 Å². The van der Waals surface area contributed by atoms with Gasteiger partial charge in [0.25, 0.3) is 5.91 Å². The molecule has 1 aromatic heterocycles. The van der Waals surface area contributed by atoms with Crippen molar-refractivity contribution in [2.24, 2.45) is 0 Å². The van der Waals surface area contributed by atoms with Crippen LogP contribution >= 0.6 is 11.3 Å². The number of aryl methyl sites for hydroxylation is 2. The van der Waals surface area contributed by atoms with Crippen LogP contribution in [0.1, 0.15) is 27.3 Å². The molecule has 0 atom stereocenters. The van der Waals surface area contributed by atoms with Gasteiger partial charge in [-0.15, -0.1) is 11.3 Å². The van der Waals surface area contributed by atoms with E-state index >= 15 is 0 Å². The molecule has 0 aromatic carbocycles. The molecule has 1 saturated heterocycles. The molecule has 0 unspecified atom stereocenters. The average Bonchev–Trinajstić information content (AvgIpc) is 2.77. The third-order valence-corrected chi connectivity index (χ3v) is 4.25. The summed E-state index contributed by atoms with van der Waals surface area (Å²) < 4.78 is 4.96. The lowest BCUT2D eigenvalue weighted by molar-refractivity contribution is 0.0573. The molecular weight excluding hydrogens is 278 g/mol. The third-order valence-electron chi connectivity index (χ3n) is 3.19. The average molecular weight is 297 g/mol. The molecule has 0 saturated carbocycles. The Morgan fingerprint density at radius 2 is 1.80 bits per heavy atom. The van der Waals surface area contributed by atoms with Gasteiger partial charge in [-0.25, -0.2) is 9.78 Å². The van der Waals surface area contributed by atoms with Crippen molar-refractivity contribution < 1.29 is 14.3 Å². The SMILES string of the molecule is CCOC(=O)N1CCN(C(=O)c2sc(C)nc2C)CC1. The van der Waals surface area contributed by atoms with Gasteiger partial charge in [-0.1, -0.05) is 0 Å². The normalized spacial score (nSPS) is 15.3. The maximum atomic E-state index is 12.4. The second-order valence-corrected chi connectivity index (χ2v) is 5.83. The molecule has 1 aromatic rings. The summed E-state index contributed by atoms with van der Waals surface area (Å²) in [6, 6.07) is 0. The lowest BCUT2D eigenvalue weighted by atomic mass is 10.3. The summed E-state index contributed by atoms with van der Waals surface area (Å²) in [5.74, 6) is 0.0107. The van der Waals surface area contributed by atoms with Gasteiger partial charge in [0, 0.05) is 26.2 Å². The molecule has 7 heteroatoms. The minimum atomic E-state index is -0.301. The largest absolute Gasteiger partial charge is 0.450 e. The zero-order chi connectivity index (χ0) is 14.7. The molecule has 2 rings (SSSR count). The molecule has 110 valence electrons. The highest BCUT2D eigenvalue weighted by Gasteiger charge is 2.27. The Balaban J connectivity index is 1.95. The maximum absolute atomic E-state index is 12.4. The second-order valence-electron chi connectivity index (χ2n) is 4.63. The van der Waals surface area contributed by atoms with Crippen LogP contribution in [0.3, 0.4) is 0 Å². The van der Waals surface area contributed by atoms with Gasteiger partial charge in [0.15, 0.2) is 0 Å². The van der Waals surface area contributed by atoms with Gasteiger partial charge < -0.3 is 14.5 Å². The van der Waals surface area contributed by atoms with Crippen LogP contribution in [-0.4, -0.2) is 59.6 Å². The summed E-state index contributed by atoms with van der Waals surface area (Å²) >= 11 is 1.42. The summed E-state index contributed by atoms with van der Waals surface area (Å²) in [6.45, 7) is 8.01. The lowest BCUT2D eigenvalue weighted by Crippen LogP contribution is -2.50. The van der Waals surface area contributed by atoms with Crippen LogP contribution in [0, 0.1) is 13.8 Å². The fraction of sp³-hybridized carbons (Fsp3) is 0.615. The number of aromatic nitrogens is 1. The molecule has 2 heterocycles. The third kappa shape index (κ3) is 3.09. The van der Waals surface area contributed by atoms with Gasteiger partial charge in [0.2, 0.25) is 0 Å². The predicted octanol–water partition coefficient (Wildman–Crippen LogP) is 1.67. The van der Waals surface area contributed by atoms with E-state index in [1.165, 1.54) is 11.3 Å². The number of hydrogen-bond acceptors (Lipinski definition) is 5. The number of piperazine rings is 1. The molecule has 1 aliphatic heterocycles. The van der Waals surface area contributed by atoms with E-state index in [-0.39, 0.29) is 12.0 Å². The molecule has 1 fully saturated rings. The van der Waals surface area contributed by atoms with Crippen LogP contribution in [-0.2, 0) is 4.74 Å². The molecule has 1 aliphatic rings. The summed E-state index contributed by atoms with van der Waals surface area (Å²) in [6.07, 6.45) is -0.301. The maximum Gasteiger partial charge on any atom is 0.409 e. The van der Waals surface area contributed by atoms with Gasteiger partial charge in [-0.2, -0.15) is 0 Å². The number of rotatable bonds is 2. The molecule has 0 spiro atoms. The Morgan fingerprint density at radius 1 is 1.20 bits per heavy atom. The van der Waals surface area contributed by atoms with Crippen LogP contribution in [0.2, 0.25) is 0 Å². The Morgan fingerprint density at radius 3 is 2.30 bits per heavy atom. The highest BCUT2D eigenvalue weighted by molar-refractivity contribution is 7.13. The Hall–Kier alpha value is -1.63. The molecule has 0 radical (unpaired) electrons. The number of carbonyl (C=O) groups is 2. The van der Waals surface area contributed by atoms with E-state index < -0.39 is 0 Å². The number of nitrogens with zero attached hydrogens (tertiary/aromatic N) is 3. The lowest BCUT2D eigenvalue weighted by Gasteiger charge is -2.33. The smallest absolute Gasteiger partial charge is 0.409 e. The van der Waals surface area contributed by atoms with E-state index in [1.807, 2.05) is 13.8 Å². The molecule has 0 aliphatic carbocycles. The van der Waals surface area contributed by atoms with Gasteiger partial charge in [-0.05, 0) is 20.8 Å². The van der Waals surface area contributed by atoms with Crippen LogP contribution < -0.4 is 0 Å². The van der Waals surface area contributed by atoms with E-state index in [4.69, 9.17) is 4.74 Å². The summed E-state index contributed by atoms with van der Waals surface area (Å²) in [5.41, 5.74) is 0.783. The fourth-order valence-electron chi connectivity index (χ4n) is 2.18. The van der Waals surface area contributed by atoms with Crippen molar-refractivity contribution in [3.8, 4) is 0 Å². The molecular formula is C13H19N3O3S. The quantitative estimate of drug-likeness (QED) is 0.833. The van der Waals surface area contributed by atoms with Crippen LogP contribution in [0.25, 0.3) is 0 Å². The standard InChI is InChI=1S/C13H19N3O3S/c1-4-19-13(18)16-7-5-15(6-8-16)12(17)11-9(2)14-10(3)20-11/h4-8H2,1-3H3. The van der Waals surface area contributed by atoms with E-state index in [0.29, 0.717) is 37.7 Å². The first-order valence-corrected chi connectivity index (χ1v) is 7.49. The molecule has 2 amide bonds. The Labute approximate surface area is 122 Å². The van der Waals surface area contributed by atoms with E-state index in [9.17, 15) is 9.59 Å². The Kier molecular flexibility index (Phi) is 4.59. The monoisotopic (exact) mass is 297 g/mol. The fourth-order valence-corrected chi connectivity index (χ4v) is 3.07. The summed E-state index contributed by atoms with van der Waals surface area (Å²) in [7, 11) is 0. The summed E-state index contributed by atoms with van der Waals surface area (Å²) in [4.78, 5) is 32.4. The van der Waals surface area contributed by atoms with Crippen LogP contribution in [0.15, 0.2) is 0 Å². The van der Waals surface area contributed by atoms with Gasteiger partial charge in [-0.3, -0.25) is 4.79 Å². The number of carbonyl (C=O) groups excluding carboxylic acids is 2. The molecule has 6 nitrogen and oxygen atoms in total. The van der Waals surface area contributed by atoms with Crippen molar-refractivity contribution in [1.82, 2.24) is 14.8 Å². The predicted molar refractivity (Wildman–Crippen MR) is 76.1 cm³/mol. The van der Waals surface area contributed by atoms with Crippen molar-refractivity contribution >= 4 is 23.3 Å². The highest BCUT2D eigenvalue weighted by atomic mass is 32.1. The van der Waals surface area contributed by atoms with Crippen molar-refractivity contribution in [2.45, 2.75) is 20.8 Å². The molecule has 20 heavy (non-hydrogen) atoms. The first-order chi connectivity index (χ1) is 9.52. The summed E-state index contributed by atoms with van der Waals surface area (Å²) in [5, 5.41) is 0.899. The van der Waals surface area contributed by atoms with Crippen molar-refractivity contribution in [2.75, 3.05) is 32.8 Å². The topological polar surface area (TPSA) is 62.7 Å². The van der Waals surface area contributed by atoms with Crippen molar-refractivity contribution in [1.29, 1.82) is 0 Å². The second kappa shape index (κ2) is 6.21. The highest BCUT2D eigenvalue weighted by Crippen LogP contribution is 2.20. The van der Waals surface area contributed by atoms with Crippen molar-refractivity contribution in [3.63, 3.8) is 0 Å². The van der Waals surface area contributed by atoms with Gasteiger partial charge >= 0.3 is 6.09 Å². The number of hydrogen-bond donors (Lipinski definition) is 0. The van der Waals surface area contributed by atoms with Crippen molar-refractivity contribution in [3.05, 3.63) is 15.6 Å². The number of amides is 2. The van der Waals surface area contributed by atoms with Crippen LogP contribution in [0.5, 0.6) is 0 Å². The van der Waals surface area contributed by atoms with E-state index in [2.05, 4.69) is 4.98 Å². The first kappa shape index (κ1) is 14.8. The Bertz CT molecular complexity index is 507. The van der Waals surface area contributed by atoms with Gasteiger partial charge in [0.1, 0.15) is 4.88 Å². The number of thiazole rings is 1. The minimum absolute atomic E-state index is 0.0107. The zero-order valence-electron chi connectivity index (χ0n) is 12.0. The minimum Gasteiger partial charge on any atom is -0.450 e. The van der Waals surface area contributed by atoms with Gasteiger partial charge in [0.05, 0.1) is 17.3 Å². The first-order valence-electron chi connectivity index (χ1n) is 6.68. The van der Waals surface area contributed by atoms with E-state index in [0.717, 1.165) is 10.7 Å². The molecule has 0 bridgehead atoms. The molecule has 0 N–H and O–H groups in total. The zero-order valence-corrected chi connectivity index (χ0v) is 12.8. The van der Waals surface area contributed by atoms with Crippen LogP contribution in [0.4, 0.5) is 4.79 Å². The number of ether oxygens (including phenoxy) is 1.